The van der Waals surface area contributed by atoms with Crippen molar-refractivity contribution >= 4 is 44.8 Å². The molecule has 9 nitrogen and oxygen atoms in total. The zero-order chi connectivity index (χ0) is 23.4. The number of halogens is 1. The van der Waals surface area contributed by atoms with Crippen molar-refractivity contribution in [3.05, 3.63) is 82.6 Å². The van der Waals surface area contributed by atoms with Gasteiger partial charge >= 0.3 is 0 Å². The van der Waals surface area contributed by atoms with Gasteiger partial charge in [0.1, 0.15) is 28.2 Å². The number of H-pyrrole nitrogens is 1. The lowest BCUT2D eigenvalue weighted by Crippen LogP contribution is -2.33. The van der Waals surface area contributed by atoms with Crippen LogP contribution in [-0.4, -0.2) is 39.9 Å². The minimum atomic E-state index is -1.47. The van der Waals surface area contributed by atoms with Gasteiger partial charge in [-0.05, 0) is 31.0 Å². The van der Waals surface area contributed by atoms with E-state index in [-0.39, 0.29) is 11.6 Å². The van der Waals surface area contributed by atoms with Crippen LogP contribution in [0.3, 0.4) is 0 Å². The summed E-state index contributed by atoms with van der Waals surface area (Å²) < 4.78 is 15.5. The molecule has 170 valence electrons. The highest BCUT2D eigenvalue weighted by atomic mass is 35.5. The molecule has 0 amide bonds. The predicted octanol–water partition coefficient (Wildman–Crippen LogP) is 3.65. The van der Waals surface area contributed by atoms with Gasteiger partial charge < -0.3 is 9.88 Å². The molecule has 0 radical (unpaired) electrons. The van der Waals surface area contributed by atoms with Gasteiger partial charge in [-0.3, -0.25) is 9.36 Å². The number of aromatic nitrogens is 6. The fraction of sp³-hybridized carbons (Fsp3) is 0.174. The number of hydrogen-bond acceptors (Lipinski definition) is 6. The van der Waals surface area contributed by atoms with E-state index in [4.69, 9.17) is 16.7 Å². The molecule has 0 spiro atoms. The van der Waals surface area contributed by atoms with Crippen LogP contribution in [0.2, 0.25) is 5.02 Å². The van der Waals surface area contributed by atoms with Gasteiger partial charge in [-0.15, -0.1) is 0 Å². The fourth-order valence-electron chi connectivity index (χ4n) is 4.69. The molecule has 5 heterocycles. The Morgan fingerprint density at radius 1 is 1.18 bits per heavy atom. The molecular formula is C23H19ClN7O2S+. The summed E-state index contributed by atoms with van der Waals surface area (Å²) in [7, 11) is -1.47. The van der Waals surface area contributed by atoms with Crippen LogP contribution in [0.25, 0.3) is 22.2 Å². The Morgan fingerprint density at radius 3 is 2.79 bits per heavy atom. The number of fused-ring (bicyclic) bond motifs is 2. The standard InChI is InChI=1S/C23H19ClN7O2S/c1-34(33)17-12-25-20-18(17)22(27-13-26-20)29-10-5-8-16(29)21-28-30-11-9-15(24)19(30)23(32)31(21)14-6-3-2-4-7-14/h2-4,6-7,9,11-13,16H,1,5,8,10H2,(H,25,26,27)/q+1/t16-,34-/m0/s1. The molecule has 0 bridgehead atoms. The third-order valence-electron chi connectivity index (χ3n) is 6.16. The molecule has 1 aromatic carbocycles. The van der Waals surface area contributed by atoms with E-state index in [2.05, 4.69) is 26.1 Å². The van der Waals surface area contributed by atoms with E-state index >= 15 is 0 Å². The molecule has 1 aliphatic rings. The van der Waals surface area contributed by atoms with E-state index in [1.165, 1.54) is 10.8 Å². The molecule has 2 atom stereocenters. The number of nitrogens with one attached hydrogen (secondary N) is 1. The molecule has 1 saturated heterocycles. The van der Waals surface area contributed by atoms with Gasteiger partial charge in [-0.25, -0.2) is 18.7 Å². The van der Waals surface area contributed by atoms with E-state index in [0.29, 0.717) is 50.3 Å². The van der Waals surface area contributed by atoms with Crippen molar-refractivity contribution in [3.63, 3.8) is 0 Å². The molecule has 1 aliphatic heterocycles. The van der Waals surface area contributed by atoms with Gasteiger partial charge in [0.2, 0.25) is 10.8 Å². The summed E-state index contributed by atoms with van der Waals surface area (Å²) in [6.07, 6.45) is 10.1. The highest BCUT2D eigenvalue weighted by molar-refractivity contribution is 7.86. The second-order valence-corrected chi connectivity index (χ2v) is 9.60. The second-order valence-electron chi connectivity index (χ2n) is 8.06. The molecule has 6 rings (SSSR count). The predicted molar refractivity (Wildman–Crippen MR) is 131 cm³/mol. The maximum absolute atomic E-state index is 13.7. The molecule has 1 fully saturated rings. The van der Waals surface area contributed by atoms with Crippen molar-refractivity contribution < 1.29 is 4.21 Å². The third-order valence-corrected chi connectivity index (χ3v) is 7.28. The Kier molecular flexibility index (Phi) is 4.93. The molecule has 11 heteroatoms. The first kappa shape index (κ1) is 20.9. The van der Waals surface area contributed by atoms with Gasteiger partial charge in [0.25, 0.3) is 5.56 Å². The smallest absolute Gasteiger partial charge is 0.284 e. The fourth-order valence-corrected chi connectivity index (χ4v) is 5.52. The number of nitrogens with zero attached hydrogens (tertiary/aromatic N) is 6. The molecule has 0 saturated carbocycles. The highest BCUT2D eigenvalue weighted by Crippen LogP contribution is 2.39. The summed E-state index contributed by atoms with van der Waals surface area (Å²) >= 11 is 6.33. The highest BCUT2D eigenvalue weighted by Gasteiger charge is 2.34. The van der Waals surface area contributed by atoms with Gasteiger partial charge in [-0.2, -0.15) is 5.10 Å². The van der Waals surface area contributed by atoms with Crippen LogP contribution in [0.4, 0.5) is 5.82 Å². The molecule has 0 aliphatic carbocycles. The topological polar surface area (TPSA) is 101 Å². The molecule has 5 aromatic rings. The Morgan fingerprint density at radius 2 is 2.00 bits per heavy atom. The zero-order valence-corrected chi connectivity index (χ0v) is 19.5. The van der Waals surface area contributed by atoms with Crippen molar-refractivity contribution in [1.29, 1.82) is 0 Å². The van der Waals surface area contributed by atoms with Crippen molar-refractivity contribution in [2.75, 3.05) is 11.4 Å². The Hall–Kier alpha value is -3.63. The molecule has 34 heavy (non-hydrogen) atoms. The molecule has 0 unspecified atom stereocenters. The SMILES string of the molecule is [CH2+][S@](=O)c1c[nH]c2ncnc(N3CCC[C@H]3c3nn4ccc(Cl)c4c(=O)n3-c3ccccc3)c12. The first-order valence-corrected chi connectivity index (χ1v) is 12.4. The molecule has 4 aromatic heterocycles. The monoisotopic (exact) mass is 492 g/mol. The van der Waals surface area contributed by atoms with E-state index in [9.17, 15) is 9.00 Å². The Bertz CT molecular complexity index is 1630. The van der Waals surface area contributed by atoms with Crippen molar-refractivity contribution in [2.24, 2.45) is 0 Å². The molecule has 1 N–H and O–H groups in total. The number of aromatic amines is 1. The summed E-state index contributed by atoms with van der Waals surface area (Å²) in [4.78, 5) is 28.2. The summed E-state index contributed by atoms with van der Waals surface area (Å²) in [5.41, 5.74) is 1.37. The largest absolute Gasteiger partial charge is 0.346 e. The van der Waals surface area contributed by atoms with Crippen molar-refractivity contribution in [1.82, 2.24) is 29.1 Å². The summed E-state index contributed by atoms with van der Waals surface area (Å²) in [5, 5.41) is 5.87. The number of benzene rings is 1. The van der Waals surface area contributed by atoms with Crippen molar-refractivity contribution in [2.45, 2.75) is 23.8 Å². The second kappa shape index (κ2) is 8.00. The average Bonchev–Trinajstić information content (AvgIpc) is 3.57. The minimum Gasteiger partial charge on any atom is -0.346 e. The van der Waals surface area contributed by atoms with Crippen molar-refractivity contribution in [3.8, 4) is 5.69 Å². The Balaban J connectivity index is 1.60. The van der Waals surface area contributed by atoms with Gasteiger partial charge in [0.15, 0.2) is 12.1 Å². The lowest BCUT2D eigenvalue weighted by molar-refractivity contribution is 0.602. The number of hydrogen-bond donors (Lipinski definition) is 1. The van der Waals surface area contributed by atoms with E-state index in [0.717, 1.165) is 12.8 Å². The van der Waals surface area contributed by atoms with Crippen LogP contribution < -0.4 is 10.5 Å². The van der Waals surface area contributed by atoms with Crippen LogP contribution in [-0.2, 0) is 10.8 Å². The van der Waals surface area contributed by atoms with E-state index < -0.39 is 10.8 Å². The normalized spacial score (nSPS) is 17.1. The minimum absolute atomic E-state index is 0.243. The average molecular weight is 493 g/mol. The first-order valence-electron chi connectivity index (χ1n) is 10.7. The summed E-state index contributed by atoms with van der Waals surface area (Å²) in [6, 6.07) is 10.8. The lowest BCUT2D eigenvalue weighted by Gasteiger charge is -2.27. The van der Waals surface area contributed by atoms with Gasteiger partial charge in [-0.1, -0.05) is 29.8 Å². The van der Waals surface area contributed by atoms with Crippen LogP contribution in [0.1, 0.15) is 24.7 Å². The maximum atomic E-state index is 13.7. The maximum Gasteiger partial charge on any atom is 0.284 e. The summed E-state index contributed by atoms with van der Waals surface area (Å²) in [5.74, 6) is 1.22. The van der Waals surface area contributed by atoms with Crippen LogP contribution in [0.5, 0.6) is 0 Å². The van der Waals surface area contributed by atoms with Crippen LogP contribution in [0, 0.1) is 6.26 Å². The lowest BCUT2D eigenvalue weighted by atomic mass is 10.2. The van der Waals surface area contributed by atoms with E-state index in [1.54, 1.807) is 23.0 Å². The quantitative estimate of drug-likeness (QED) is 0.384. The first-order chi connectivity index (χ1) is 16.5. The van der Waals surface area contributed by atoms with Gasteiger partial charge in [0.05, 0.1) is 22.1 Å². The number of para-hydroxylation sites is 1. The Labute approximate surface area is 201 Å². The summed E-state index contributed by atoms with van der Waals surface area (Å²) in [6.45, 7) is 0.695. The molecular weight excluding hydrogens is 474 g/mol. The van der Waals surface area contributed by atoms with Gasteiger partial charge in [0, 0.05) is 18.9 Å². The number of anilines is 1. The third kappa shape index (κ3) is 3.13. The van der Waals surface area contributed by atoms with E-state index in [1.807, 2.05) is 30.3 Å². The zero-order valence-electron chi connectivity index (χ0n) is 17.9. The number of rotatable bonds is 4. The van der Waals surface area contributed by atoms with Crippen LogP contribution in [0.15, 0.2) is 64.8 Å². The van der Waals surface area contributed by atoms with Crippen LogP contribution >= 0.6 is 11.6 Å².